The first-order chi connectivity index (χ1) is 6.90. The topological polar surface area (TPSA) is 29.3 Å². The molecule has 1 aliphatic carbocycles. The van der Waals surface area contributed by atoms with E-state index in [0.717, 1.165) is 18.5 Å². The highest BCUT2D eigenvalue weighted by Gasteiger charge is 2.31. The van der Waals surface area contributed by atoms with Gasteiger partial charge in [-0.3, -0.25) is 0 Å². The normalized spacial score (nSPS) is 30.2. The third-order valence-corrected chi connectivity index (χ3v) is 3.68. The van der Waals surface area contributed by atoms with Crippen molar-refractivity contribution in [3.63, 3.8) is 0 Å². The van der Waals surface area contributed by atoms with Crippen LogP contribution < -0.4 is 5.73 Å². The molecule has 2 N–H and O–H groups in total. The van der Waals surface area contributed by atoms with Crippen molar-refractivity contribution in [2.75, 3.05) is 19.6 Å². The van der Waals surface area contributed by atoms with Gasteiger partial charge in [0.15, 0.2) is 0 Å². The van der Waals surface area contributed by atoms with Crippen LogP contribution in [0, 0.1) is 5.92 Å². The van der Waals surface area contributed by atoms with Crippen LogP contribution >= 0.6 is 0 Å². The van der Waals surface area contributed by atoms with Crippen molar-refractivity contribution in [2.24, 2.45) is 11.7 Å². The van der Waals surface area contributed by atoms with Crippen LogP contribution in [0.2, 0.25) is 0 Å². The Morgan fingerprint density at radius 1 is 1.14 bits per heavy atom. The Morgan fingerprint density at radius 3 is 2.71 bits per heavy atom. The van der Waals surface area contributed by atoms with Crippen LogP contribution in [0.3, 0.4) is 0 Å². The van der Waals surface area contributed by atoms with E-state index in [2.05, 4.69) is 4.90 Å². The molecule has 1 saturated carbocycles. The van der Waals surface area contributed by atoms with E-state index >= 15 is 0 Å². The summed E-state index contributed by atoms with van der Waals surface area (Å²) in [5.41, 5.74) is 5.58. The van der Waals surface area contributed by atoms with Gasteiger partial charge in [0, 0.05) is 12.6 Å². The van der Waals surface area contributed by atoms with E-state index in [1.807, 2.05) is 0 Å². The molecule has 0 bridgehead atoms. The summed E-state index contributed by atoms with van der Waals surface area (Å²) in [6.07, 6.45) is 9.83. The molecule has 1 atom stereocenters. The van der Waals surface area contributed by atoms with E-state index in [0.29, 0.717) is 0 Å². The van der Waals surface area contributed by atoms with Crippen LogP contribution in [0.25, 0.3) is 0 Å². The number of nitrogens with two attached hydrogens (primary N) is 1. The van der Waals surface area contributed by atoms with Crippen LogP contribution in [-0.2, 0) is 0 Å². The molecule has 0 radical (unpaired) electrons. The smallest absolute Gasteiger partial charge is 0.00965 e. The Balaban J connectivity index is 1.77. The lowest BCUT2D eigenvalue weighted by atomic mass is 9.98. The summed E-state index contributed by atoms with van der Waals surface area (Å²) in [5, 5.41) is 0. The summed E-state index contributed by atoms with van der Waals surface area (Å²) in [5.74, 6) is 0.946. The lowest BCUT2D eigenvalue weighted by Crippen LogP contribution is -2.30. The molecule has 0 spiro atoms. The molecular formula is C12H24N2. The van der Waals surface area contributed by atoms with Gasteiger partial charge in [0.1, 0.15) is 0 Å². The second-order valence-corrected chi connectivity index (χ2v) is 5.02. The average Bonchev–Trinajstić information content (AvgIpc) is 3.00. The van der Waals surface area contributed by atoms with Gasteiger partial charge in [0.05, 0.1) is 0 Å². The molecule has 0 aromatic rings. The molecule has 1 unspecified atom stereocenters. The highest BCUT2D eigenvalue weighted by atomic mass is 15.2. The predicted molar refractivity (Wildman–Crippen MR) is 60.2 cm³/mol. The van der Waals surface area contributed by atoms with E-state index in [-0.39, 0.29) is 0 Å². The summed E-state index contributed by atoms with van der Waals surface area (Å²) in [7, 11) is 0. The molecule has 2 heteroatoms. The van der Waals surface area contributed by atoms with Crippen molar-refractivity contribution >= 4 is 0 Å². The third kappa shape index (κ3) is 2.96. The number of rotatable bonds is 4. The Hall–Kier alpha value is -0.0800. The number of hydrogen-bond acceptors (Lipinski definition) is 2. The van der Waals surface area contributed by atoms with Gasteiger partial charge in [-0.05, 0) is 57.5 Å². The first-order valence-corrected chi connectivity index (χ1v) is 6.34. The Morgan fingerprint density at radius 2 is 2.00 bits per heavy atom. The van der Waals surface area contributed by atoms with Crippen molar-refractivity contribution in [3.8, 4) is 0 Å². The van der Waals surface area contributed by atoms with Gasteiger partial charge in [0.25, 0.3) is 0 Å². The second kappa shape index (κ2) is 5.13. The molecular weight excluding hydrogens is 172 g/mol. The van der Waals surface area contributed by atoms with Crippen molar-refractivity contribution in [1.29, 1.82) is 0 Å². The lowest BCUT2D eigenvalue weighted by Gasteiger charge is -2.23. The van der Waals surface area contributed by atoms with E-state index in [9.17, 15) is 0 Å². The van der Waals surface area contributed by atoms with E-state index < -0.39 is 0 Å². The zero-order chi connectivity index (χ0) is 9.80. The van der Waals surface area contributed by atoms with Gasteiger partial charge in [-0.2, -0.15) is 0 Å². The fourth-order valence-electron chi connectivity index (χ4n) is 2.68. The van der Waals surface area contributed by atoms with Crippen molar-refractivity contribution in [1.82, 2.24) is 4.90 Å². The fourth-order valence-corrected chi connectivity index (χ4v) is 2.68. The van der Waals surface area contributed by atoms with Crippen molar-refractivity contribution < 1.29 is 0 Å². The van der Waals surface area contributed by atoms with Crippen LogP contribution in [0.5, 0.6) is 0 Å². The Labute approximate surface area is 87.8 Å². The molecule has 2 aliphatic rings. The van der Waals surface area contributed by atoms with Crippen molar-refractivity contribution in [2.45, 2.75) is 51.0 Å². The van der Waals surface area contributed by atoms with Gasteiger partial charge < -0.3 is 10.6 Å². The van der Waals surface area contributed by atoms with Crippen LogP contribution in [0.15, 0.2) is 0 Å². The molecule has 0 aromatic heterocycles. The predicted octanol–water partition coefficient (Wildman–Crippen LogP) is 1.99. The highest BCUT2D eigenvalue weighted by molar-refractivity contribution is 4.86. The van der Waals surface area contributed by atoms with Gasteiger partial charge >= 0.3 is 0 Å². The fraction of sp³-hybridized carbons (Fsp3) is 1.00. The first-order valence-electron chi connectivity index (χ1n) is 6.34. The Kier molecular flexibility index (Phi) is 3.82. The average molecular weight is 196 g/mol. The summed E-state index contributed by atoms with van der Waals surface area (Å²) in [6, 6.07) is 0.966. The Bertz CT molecular complexity index is 166. The minimum Gasteiger partial charge on any atom is -0.330 e. The highest BCUT2D eigenvalue weighted by Crippen LogP contribution is 2.31. The van der Waals surface area contributed by atoms with Gasteiger partial charge in [-0.25, -0.2) is 0 Å². The van der Waals surface area contributed by atoms with Gasteiger partial charge in [0.2, 0.25) is 0 Å². The summed E-state index contributed by atoms with van der Waals surface area (Å²) in [6.45, 7) is 3.61. The van der Waals surface area contributed by atoms with Crippen LogP contribution in [-0.4, -0.2) is 30.6 Å². The summed E-state index contributed by atoms with van der Waals surface area (Å²) >= 11 is 0. The minimum atomic E-state index is 0.875. The summed E-state index contributed by atoms with van der Waals surface area (Å²) in [4.78, 5) is 2.74. The van der Waals surface area contributed by atoms with Crippen LogP contribution in [0.4, 0.5) is 0 Å². The van der Waals surface area contributed by atoms with Crippen LogP contribution in [0.1, 0.15) is 44.9 Å². The quantitative estimate of drug-likeness (QED) is 0.745. The molecule has 1 saturated heterocycles. The zero-order valence-corrected chi connectivity index (χ0v) is 9.25. The molecule has 1 heterocycles. The summed E-state index contributed by atoms with van der Waals surface area (Å²) < 4.78 is 0. The van der Waals surface area contributed by atoms with Crippen molar-refractivity contribution in [3.05, 3.63) is 0 Å². The first kappa shape index (κ1) is 10.4. The van der Waals surface area contributed by atoms with Gasteiger partial charge in [-0.15, -0.1) is 0 Å². The third-order valence-electron chi connectivity index (χ3n) is 3.68. The molecule has 1 aliphatic heterocycles. The molecule has 2 fully saturated rings. The molecule has 14 heavy (non-hydrogen) atoms. The molecule has 0 amide bonds. The largest absolute Gasteiger partial charge is 0.330 e. The van der Waals surface area contributed by atoms with E-state index in [1.54, 1.807) is 0 Å². The molecule has 2 rings (SSSR count). The van der Waals surface area contributed by atoms with E-state index in [4.69, 9.17) is 5.73 Å². The molecule has 0 aromatic carbocycles. The zero-order valence-electron chi connectivity index (χ0n) is 9.25. The molecule has 82 valence electrons. The maximum Gasteiger partial charge on any atom is 0.00965 e. The maximum absolute atomic E-state index is 5.58. The number of hydrogen-bond donors (Lipinski definition) is 1. The van der Waals surface area contributed by atoms with Gasteiger partial charge in [-0.1, -0.05) is 6.42 Å². The number of likely N-dealkylation sites (tertiary alicyclic amines) is 1. The SMILES string of the molecule is NCCCC1CCCCN(C2CC2)C1. The number of nitrogens with zero attached hydrogens (tertiary/aromatic N) is 1. The minimum absolute atomic E-state index is 0.875. The second-order valence-electron chi connectivity index (χ2n) is 5.02. The molecule has 2 nitrogen and oxygen atoms in total. The maximum atomic E-state index is 5.58. The van der Waals surface area contributed by atoms with E-state index in [1.165, 1.54) is 58.0 Å². The lowest BCUT2D eigenvalue weighted by molar-refractivity contribution is 0.232. The standard InChI is InChI=1S/C12H24N2/c13-8-3-5-11-4-1-2-9-14(10-11)12-6-7-12/h11-12H,1-10,13H2. The monoisotopic (exact) mass is 196 g/mol.